The van der Waals surface area contributed by atoms with Gasteiger partial charge in [-0.3, -0.25) is 0 Å². The van der Waals surface area contributed by atoms with Crippen LogP contribution in [0.1, 0.15) is 22.7 Å². The Balaban J connectivity index is 1.83. The van der Waals surface area contributed by atoms with Gasteiger partial charge in [0.25, 0.3) is 0 Å². The van der Waals surface area contributed by atoms with Crippen molar-refractivity contribution in [2.75, 3.05) is 26.9 Å². The summed E-state index contributed by atoms with van der Waals surface area (Å²) >= 11 is 0. The van der Waals surface area contributed by atoms with Crippen molar-refractivity contribution >= 4 is 0 Å². The third-order valence-corrected chi connectivity index (χ3v) is 4.36. The average Bonchev–Trinajstić information content (AvgIpc) is 2.59. The summed E-state index contributed by atoms with van der Waals surface area (Å²) < 4.78 is 30.5. The van der Waals surface area contributed by atoms with Crippen LogP contribution in [0.25, 0.3) is 0 Å². The topological polar surface area (TPSA) is 39.7 Å². The van der Waals surface area contributed by atoms with Crippen molar-refractivity contribution in [1.29, 1.82) is 0 Å². The van der Waals surface area contributed by atoms with Crippen molar-refractivity contribution in [3.63, 3.8) is 0 Å². The van der Waals surface area contributed by atoms with Gasteiger partial charge in [0.05, 0.1) is 13.2 Å². The molecular weight excluding hydrogens is 297 g/mol. The van der Waals surface area contributed by atoms with Crippen molar-refractivity contribution in [1.82, 2.24) is 5.32 Å². The fraction of sp³-hybridized carbons (Fsp3) is 0.333. The Morgan fingerprint density at radius 2 is 1.87 bits per heavy atom. The van der Waals surface area contributed by atoms with Crippen LogP contribution in [0.3, 0.4) is 0 Å². The second-order valence-corrected chi connectivity index (χ2v) is 5.72. The van der Waals surface area contributed by atoms with E-state index >= 15 is 0 Å². The highest BCUT2D eigenvalue weighted by molar-refractivity contribution is 5.53. The van der Waals surface area contributed by atoms with Gasteiger partial charge in [0.1, 0.15) is 24.8 Å². The number of benzene rings is 2. The van der Waals surface area contributed by atoms with Crippen molar-refractivity contribution in [2.24, 2.45) is 0 Å². The van der Waals surface area contributed by atoms with E-state index in [0.29, 0.717) is 19.0 Å². The standard InChI is InChI=1S/C18H18FNO3/c1-21-15-3-2-12(19)9-14(15)18-13-10-17-16(22-6-7-23-17)8-11(13)4-5-20-18/h2-3,8-10,18,20H,4-7H2,1H3. The molecule has 23 heavy (non-hydrogen) atoms. The summed E-state index contributed by atoms with van der Waals surface area (Å²) in [6, 6.07) is 8.53. The molecule has 0 saturated carbocycles. The first kappa shape index (κ1) is 14.3. The van der Waals surface area contributed by atoms with Crippen molar-refractivity contribution in [3.05, 3.63) is 52.8 Å². The maximum Gasteiger partial charge on any atom is 0.161 e. The fourth-order valence-electron chi connectivity index (χ4n) is 3.30. The molecule has 0 spiro atoms. The normalized spacial score (nSPS) is 19.1. The molecule has 0 saturated heterocycles. The summed E-state index contributed by atoms with van der Waals surface area (Å²) in [5.74, 6) is 1.94. The molecule has 2 heterocycles. The Bertz CT molecular complexity index is 747. The quantitative estimate of drug-likeness (QED) is 0.925. The number of ether oxygens (including phenoxy) is 3. The van der Waals surface area contributed by atoms with Crippen LogP contribution in [-0.2, 0) is 6.42 Å². The van der Waals surface area contributed by atoms with Gasteiger partial charge < -0.3 is 19.5 Å². The van der Waals surface area contributed by atoms with Crippen molar-refractivity contribution in [3.8, 4) is 17.2 Å². The molecule has 2 aromatic carbocycles. The fourth-order valence-corrected chi connectivity index (χ4v) is 3.30. The SMILES string of the molecule is COc1ccc(F)cc1C1NCCc2cc3c(cc21)OCCO3. The highest BCUT2D eigenvalue weighted by atomic mass is 19.1. The minimum absolute atomic E-state index is 0.125. The molecule has 2 aliphatic rings. The maximum atomic E-state index is 13.8. The van der Waals surface area contributed by atoms with Crippen LogP contribution < -0.4 is 19.5 Å². The zero-order chi connectivity index (χ0) is 15.8. The Morgan fingerprint density at radius 3 is 2.65 bits per heavy atom. The molecule has 1 atom stereocenters. The minimum atomic E-state index is -0.271. The van der Waals surface area contributed by atoms with Gasteiger partial charge in [-0.2, -0.15) is 0 Å². The second-order valence-electron chi connectivity index (χ2n) is 5.72. The summed E-state index contributed by atoms with van der Waals surface area (Å²) in [4.78, 5) is 0. The Morgan fingerprint density at radius 1 is 1.09 bits per heavy atom. The Kier molecular flexibility index (Phi) is 3.58. The van der Waals surface area contributed by atoms with Gasteiger partial charge in [0.15, 0.2) is 11.5 Å². The van der Waals surface area contributed by atoms with E-state index in [-0.39, 0.29) is 11.9 Å². The number of methoxy groups -OCH3 is 1. The number of rotatable bonds is 2. The molecule has 0 fully saturated rings. The summed E-state index contributed by atoms with van der Waals surface area (Å²) in [6.45, 7) is 1.94. The van der Waals surface area contributed by atoms with Gasteiger partial charge in [-0.05, 0) is 47.9 Å². The first-order valence-corrected chi connectivity index (χ1v) is 7.75. The molecule has 4 rings (SSSR count). The lowest BCUT2D eigenvalue weighted by molar-refractivity contribution is 0.171. The molecule has 2 aliphatic heterocycles. The van der Waals surface area contributed by atoms with E-state index < -0.39 is 0 Å². The number of fused-ring (bicyclic) bond motifs is 2. The molecule has 1 unspecified atom stereocenters. The third kappa shape index (κ3) is 2.51. The molecule has 2 aromatic rings. The number of hydrogen-bond acceptors (Lipinski definition) is 4. The lowest BCUT2D eigenvalue weighted by Gasteiger charge is -2.30. The van der Waals surface area contributed by atoms with Gasteiger partial charge >= 0.3 is 0 Å². The number of hydrogen-bond donors (Lipinski definition) is 1. The van der Waals surface area contributed by atoms with Gasteiger partial charge in [-0.25, -0.2) is 4.39 Å². The van der Waals surface area contributed by atoms with Crippen LogP contribution in [0.15, 0.2) is 30.3 Å². The molecule has 0 radical (unpaired) electrons. The molecule has 0 aliphatic carbocycles. The molecular formula is C18H18FNO3. The number of nitrogens with one attached hydrogen (secondary N) is 1. The first-order chi connectivity index (χ1) is 11.3. The molecule has 0 amide bonds. The summed E-state index contributed by atoms with van der Waals surface area (Å²) in [7, 11) is 1.60. The van der Waals surface area contributed by atoms with Crippen molar-refractivity contribution in [2.45, 2.75) is 12.5 Å². The van der Waals surface area contributed by atoms with Gasteiger partial charge in [0, 0.05) is 12.1 Å². The molecule has 120 valence electrons. The molecule has 1 N–H and O–H groups in total. The lowest BCUT2D eigenvalue weighted by atomic mass is 9.89. The van der Waals surface area contributed by atoms with E-state index in [1.807, 2.05) is 12.1 Å². The Hall–Kier alpha value is -2.27. The van der Waals surface area contributed by atoms with Gasteiger partial charge in [-0.1, -0.05) is 0 Å². The largest absolute Gasteiger partial charge is 0.496 e. The van der Waals surface area contributed by atoms with Crippen LogP contribution in [0.4, 0.5) is 4.39 Å². The zero-order valence-electron chi connectivity index (χ0n) is 12.9. The lowest BCUT2D eigenvalue weighted by Crippen LogP contribution is -2.31. The predicted octanol–water partition coefficient (Wildman–Crippen LogP) is 2.84. The van der Waals surface area contributed by atoms with E-state index in [9.17, 15) is 4.39 Å². The highest BCUT2D eigenvalue weighted by Gasteiger charge is 2.27. The Labute approximate surface area is 134 Å². The maximum absolute atomic E-state index is 13.8. The van der Waals surface area contributed by atoms with E-state index in [0.717, 1.165) is 35.6 Å². The molecule has 4 nitrogen and oxygen atoms in total. The summed E-state index contributed by atoms with van der Waals surface area (Å²) in [5, 5.41) is 3.46. The first-order valence-electron chi connectivity index (χ1n) is 7.75. The monoisotopic (exact) mass is 315 g/mol. The molecule has 0 bridgehead atoms. The van der Waals surface area contributed by atoms with Crippen LogP contribution in [0, 0.1) is 5.82 Å². The van der Waals surface area contributed by atoms with Gasteiger partial charge in [-0.15, -0.1) is 0 Å². The number of halogens is 1. The van der Waals surface area contributed by atoms with Crippen LogP contribution in [0.5, 0.6) is 17.2 Å². The molecule has 0 aromatic heterocycles. The van der Waals surface area contributed by atoms with Crippen LogP contribution in [0.2, 0.25) is 0 Å². The third-order valence-electron chi connectivity index (χ3n) is 4.36. The van der Waals surface area contributed by atoms with Crippen LogP contribution in [-0.4, -0.2) is 26.9 Å². The highest BCUT2D eigenvalue weighted by Crippen LogP contribution is 2.40. The predicted molar refractivity (Wildman–Crippen MR) is 83.9 cm³/mol. The van der Waals surface area contributed by atoms with E-state index in [1.165, 1.54) is 17.7 Å². The van der Waals surface area contributed by atoms with E-state index in [2.05, 4.69) is 5.32 Å². The van der Waals surface area contributed by atoms with E-state index in [1.54, 1.807) is 13.2 Å². The summed E-state index contributed by atoms with van der Waals surface area (Å²) in [6.07, 6.45) is 0.903. The van der Waals surface area contributed by atoms with Crippen molar-refractivity contribution < 1.29 is 18.6 Å². The minimum Gasteiger partial charge on any atom is -0.496 e. The van der Waals surface area contributed by atoms with Gasteiger partial charge in [0.2, 0.25) is 0 Å². The van der Waals surface area contributed by atoms with E-state index in [4.69, 9.17) is 14.2 Å². The average molecular weight is 315 g/mol. The zero-order valence-corrected chi connectivity index (χ0v) is 12.9. The second kappa shape index (κ2) is 5.74. The smallest absolute Gasteiger partial charge is 0.161 e. The molecule has 5 heteroatoms. The van der Waals surface area contributed by atoms with Crippen LogP contribution >= 0.6 is 0 Å². The summed E-state index contributed by atoms with van der Waals surface area (Å²) in [5.41, 5.74) is 3.08.